The molecule has 2 fully saturated rings. The molecular formula is C34H28Cl2Zr. The summed E-state index contributed by atoms with van der Waals surface area (Å²) in [5, 5.41) is 0. The third-order valence-corrected chi connectivity index (χ3v) is 7.33. The van der Waals surface area contributed by atoms with E-state index in [-0.39, 0.29) is 0 Å². The van der Waals surface area contributed by atoms with E-state index in [1.54, 1.807) is 0 Å². The van der Waals surface area contributed by atoms with Crippen LogP contribution in [-0.4, -0.2) is 0 Å². The molecule has 2 saturated carbocycles. The van der Waals surface area contributed by atoms with Crippen molar-refractivity contribution >= 4 is 28.2 Å². The summed E-state index contributed by atoms with van der Waals surface area (Å²) >= 11 is -0.826. The Labute approximate surface area is 242 Å². The van der Waals surface area contributed by atoms with Gasteiger partial charge >= 0.3 is 37.9 Å². The predicted octanol–water partition coefficient (Wildman–Crippen LogP) is 9.52. The topological polar surface area (TPSA) is 0 Å². The van der Waals surface area contributed by atoms with Crippen molar-refractivity contribution in [2.75, 3.05) is 0 Å². The van der Waals surface area contributed by atoms with Gasteiger partial charge in [-0.05, 0) is 71.6 Å². The summed E-state index contributed by atoms with van der Waals surface area (Å²) in [6.45, 7) is 4.54. The van der Waals surface area contributed by atoms with E-state index in [4.69, 9.17) is 17.0 Å². The minimum atomic E-state index is -0.826. The van der Waals surface area contributed by atoms with Gasteiger partial charge in [-0.15, -0.1) is 0 Å². The Kier molecular flexibility index (Phi) is 9.50. The summed E-state index contributed by atoms with van der Waals surface area (Å²) in [5.41, 5.74) is 5.23. The van der Waals surface area contributed by atoms with Crippen LogP contribution in [0, 0.1) is 60.2 Å². The second kappa shape index (κ2) is 12.8. The first kappa shape index (κ1) is 27.4. The van der Waals surface area contributed by atoms with E-state index in [2.05, 4.69) is 124 Å². The van der Waals surface area contributed by atoms with Crippen LogP contribution in [0.5, 0.6) is 0 Å². The van der Waals surface area contributed by atoms with Crippen LogP contribution in [0.3, 0.4) is 0 Å². The Morgan fingerprint density at radius 2 is 0.946 bits per heavy atom. The van der Waals surface area contributed by atoms with Crippen LogP contribution in [0.25, 0.3) is 11.1 Å². The molecule has 0 unspecified atom stereocenters. The van der Waals surface area contributed by atoms with Crippen LogP contribution in [-0.2, 0) is 20.8 Å². The number of hydrogen-bond donors (Lipinski definition) is 0. The van der Waals surface area contributed by atoms with Gasteiger partial charge in [0.2, 0.25) is 0 Å². The summed E-state index contributed by atoms with van der Waals surface area (Å²) in [4.78, 5) is 0. The van der Waals surface area contributed by atoms with Crippen molar-refractivity contribution in [2.45, 2.75) is 26.7 Å². The maximum absolute atomic E-state index is 4.93. The molecule has 4 aliphatic carbocycles. The van der Waals surface area contributed by atoms with Gasteiger partial charge in [-0.3, -0.25) is 0 Å². The molecule has 0 bridgehead atoms. The van der Waals surface area contributed by atoms with Gasteiger partial charge < -0.3 is 0 Å². The van der Waals surface area contributed by atoms with Crippen LogP contribution in [0.2, 0.25) is 0 Å². The summed E-state index contributed by atoms with van der Waals surface area (Å²) in [6, 6.07) is 21.5. The van der Waals surface area contributed by atoms with Gasteiger partial charge in [0.25, 0.3) is 0 Å². The fourth-order valence-corrected chi connectivity index (χ4v) is 5.65. The van der Waals surface area contributed by atoms with Gasteiger partial charge in [0.15, 0.2) is 0 Å². The van der Waals surface area contributed by atoms with Gasteiger partial charge in [0.05, 0.1) is 0 Å². The molecule has 0 spiro atoms. The van der Waals surface area contributed by atoms with E-state index >= 15 is 0 Å². The Hall–Kier alpha value is -1.14. The van der Waals surface area contributed by atoms with Crippen molar-refractivity contribution in [2.24, 2.45) is 0 Å². The molecule has 2 aromatic carbocycles. The fraction of sp³-hybridized carbons (Fsp3) is 0.118. The van der Waals surface area contributed by atoms with Crippen molar-refractivity contribution in [3.05, 3.63) is 168 Å². The first-order valence-electron chi connectivity index (χ1n) is 12.5. The molecule has 0 heterocycles. The number of hydrogen-bond acceptors (Lipinski definition) is 0. The summed E-state index contributed by atoms with van der Waals surface area (Å²) in [7, 11) is 9.87. The Balaban J connectivity index is 0.000000892. The molecule has 0 saturated heterocycles. The zero-order valence-electron chi connectivity index (χ0n) is 21.1. The third-order valence-electron chi connectivity index (χ3n) is 7.33. The van der Waals surface area contributed by atoms with Crippen LogP contribution < -0.4 is 0 Å². The number of allylic oxidation sites excluding steroid dienone is 8. The van der Waals surface area contributed by atoms with E-state index in [9.17, 15) is 0 Å². The number of halogens is 2. The normalized spacial score (nSPS) is 21.8. The molecule has 2 aromatic rings. The van der Waals surface area contributed by atoms with Crippen molar-refractivity contribution in [3.63, 3.8) is 0 Å². The fourth-order valence-electron chi connectivity index (χ4n) is 5.65. The van der Waals surface area contributed by atoms with E-state index in [1.807, 2.05) is 0 Å². The second-order valence-corrected chi connectivity index (χ2v) is 13.2. The Bertz CT molecular complexity index is 1060. The third kappa shape index (κ3) is 5.90. The zero-order valence-corrected chi connectivity index (χ0v) is 25.0. The molecule has 0 atom stereocenters. The molecule has 0 amide bonds. The van der Waals surface area contributed by atoms with Crippen LogP contribution in [0.1, 0.15) is 37.8 Å². The molecule has 182 valence electrons. The first-order valence-corrected chi connectivity index (χ1v) is 18.9. The first-order chi connectivity index (χ1) is 18.1. The van der Waals surface area contributed by atoms with Gasteiger partial charge in [-0.1, -0.05) is 111 Å². The predicted molar refractivity (Wildman–Crippen MR) is 154 cm³/mol. The molecule has 0 N–H and O–H groups in total. The SMILES string of the molecule is C[C]1[CH][C]2[C](C=CC=C2c2ccccc2)[C]1CC[C]1[C](C)[CH][C]2[C]1C=CC=C2c1ccccc1.[Cl][Zr][Cl]. The maximum atomic E-state index is 4.93. The second-order valence-electron chi connectivity index (χ2n) is 9.45. The standard InChI is InChI=1S/C34H28.2ClH.Zr/c1-23-21-33-29(25-11-5-3-6-12-25)15-9-17-31(33)27(23)19-20-28-24(2)22-34-30(16-10-18-32(28)34)26-13-7-4-8-14-26;;;/h3-18,21-22H,19-20H2,1-2H3;2*1H;/q;;;+2/p-2. The van der Waals surface area contributed by atoms with Crippen molar-refractivity contribution in [3.8, 4) is 0 Å². The zero-order chi connectivity index (χ0) is 25.8. The number of rotatable bonds is 5. The van der Waals surface area contributed by atoms with E-state index in [0.29, 0.717) is 0 Å². The van der Waals surface area contributed by atoms with Gasteiger partial charge in [0, 0.05) is 23.7 Å². The van der Waals surface area contributed by atoms with Gasteiger partial charge in [-0.25, -0.2) is 0 Å². The van der Waals surface area contributed by atoms with Crippen LogP contribution in [0.4, 0.5) is 0 Å². The Morgan fingerprint density at radius 1 is 0.568 bits per heavy atom. The summed E-state index contributed by atoms with van der Waals surface area (Å²) in [5.74, 6) is 11.3. The molecule has 0 aliphatic heterocycles. The summed E-state index contributed by atoms with van der Waals surface area (Å²) in [6.07, 6.45) is 20.4. The summed E-state index contributed by atoms with van der Waals surface area (Å²) < 4.78 is 0. The van der Waals surface area contributed by atoms with E-state index in [1.165, 1.54) is 69.6 Å². The average Bonchev–Trinajstić information content (AvgIpc) is 3.43. The number of benzene rings is 2. The molecule has 0 aromatic heterocycles. The molecular weight excluding hydrogens is 571 g/mol. The van der Waals surface area contributed by atoms with Crippen LogP contribution in [0.15, 0.2) is 97.1 Å². The van der Waals surface area contributed by atoms with Crippen molar-refractivity contribution in [1.82, 2.24) is 0 Å². The number of fused-ring (bicyclic) bond motifs is 2. The van der Waals surface area contributed by atoms with E-state index in [0.717, 1.165) is 12.8 Å². The molecule has 4 aliphatic rings. The van der Waals surface area contributed by atoms with E-state index < -0.39 is 20.8 Å². The molecule has 37 heavy (non-hydrogen) atoms. The van der Waals surface area contributed by atoms with Crippen molar-refractivity contribution in [1.29, 1.82) is 0 Å². The molecule has 10 radical (unpaired) electrons. The van der Waals surface area contributed by atoms with Crippen molar-refractivity contribution < 1.29 is 20.8 Å². The van der Waals surface area contributed by atoms with Gasteiger partial charge in [-0.2, -0.15) is 0 Å². The molecule has 0 nitrogen and oxygen atoms in total. The Morgan fingerprint density at radius 3 is 1.32 bits per heavy atom. The quantitative estimate of drug-likeness (QED) is 0.322. The van der Waals surface area contributed by atoms with Gasteiger partial charge in [0.1, 0.15) is 0 Å². The average molecular weight is 599 g/mol. The van der Waals surface area contributed by atoms with Crippen LogP contribution >= 0.6 is 17.0 Å². The molecule has 6 rings (SSSR count). The molecule has 3 heteroatoms. The minimum absolute atomic E-state index is 0.826. The monoisotopic (exact) mass is 596 g/mol.